The van der Waals surface area contributed by atoms with E-state index in [9.17, 15) is 0 Å². The van der Waals surface area contributed by atoms with E-state index in [2.05, 4.69) is 11.4 Å². The van der Waals surface area contributed by atoms with Crippen LogP contribution >= 0.6 is 23.2 Å². The van der Waals surface area contributed by atoms with Crippen LogP contribution in [-0.2, 0) is 13.2 Å². The number of ether oxygens (including phenoxy) is 2. The van der Waals surface area contributed by atoms with E-state index in [1.807, 2.05) is 24.3 Å². The zero-order valence-corrected chi connectivity index (χ0v) is 17.3. The van der Waals surface area contributed by atoms with Gasteiger partial charge in [-0.2, -0.15) is 0 Å². The predicted octanol–water partition coefficient (Wildman–Crippen LogP) is 6.39. The van der Waals surface area contributed by atoms with Crippen LogP contribution in [0.3, 0.4) is 0 Å². The first-order chi connectivity index (χ1) is 13.2. The van der Waals surface area contributed by atoms with Gasteiger partial charge in [-0.3, -0.25) is 0 Å². The van der Waals surface area contributed by atoms with Gasteiger partial charge < -0.3 is 14.8 Å². The molecule has 5 heteroatoms. The molecule has 0 unspecified atom stereocenters. The lowest BCUT2D eigenvalue weighted by atomic mass is 10.1. The highest BCUT2D eigenvalue weighted by atomic mass is 35.5. The summed E-state index contributed by atoms with van der Waals surface area (Å²) >= 11 is 12.2. The molecule has 1 aliphatic rings. The van der Waals surface area contributed by atoms with Crippen molar-refractivity contribution >= 4 is 23.2 Å². The number of hydrogen-bond donors (Lipinski definition) is 1. The van der Waals surface area contributed by atoms with E-state index in [-0.39, 0.29) is 0 Å². The summed E-state index contributed by atoms with van der Waals surface area (Å²) in [5.41, 5.74) is 2.09. The van der Waals surface area contributed by atoms with Gasteiger partial charge in [0.25, 0.3) is 0 Å². The molecule has 0 spiro atoms. The third-order valence-corrected chi connectivity index (χ3v) is 5.66. The van der Waals surface area contributed by atoms with E-state index in [0.717, 1.165) is 17.9 Å². The Morgan fingerprint density at radius 1 is 0.963 bits per heavy atom. The molecule has 0 aromatic heterocycles. The van der Waals surface area contributed by atoms with Crippen LogP contribution in [0.4, 0.5) is 0 Å². The predicted molar refractivity (Wildman–Crippen MR) is 112 cm³/mol. The van der Waals surface area contributed by atoms with Crippen molar-refractivity contribution < 1.29 is 9.47 Å². The van der Waals surface area contributed by atoms with Gasteiger partial charge >= 0.3 is 0 Å². The topological polar surface area (TPSA) is 30.5 Å². The van der Waals surface area contributed by atoms with Gasteiger partial charge in [-0.1, -0.05) is 61.0 Å². The average Bonchev–Trinajstić information content (AvgIpc) is 2.95. The van der Waals surface area contributed by atoms with Crippen LogP contribution in [0.1, 0.15) is 49.7 Å². The van der Waals surface area contributed by atoms with Gasteiger partial charge in [-0.05, 0) is 42.7 Å². The van der Waals surface area contributed by atoms with Crippen molar-refractivity contribution in [3.8, 4) is 11.5 Å². The fourth-order valence-corrected chi connectivity index (χ4v) is 3.94. The molecule has 1 N–H and O–H groups in total. The van der Waals surface area contributed by atoms with Crippen molar-refractivity contribution in [3.63, 3.8) is 0 Å². The second-order valence-electron chi connectivity index (χ2n) is 7.08. The second kappa shape index (κ2) is 10.2. The summed E-state index contributed by atoms with van der Waals surface area (Å²) < 4.78 is 11.5. The highest BCUT2D eigenvalue weighted by Gasteiger charge is 2.13. The molecule has 0 saturated heterocycles. The summed E-state index contributed by atoms with van der Waals surface area (Å²) in [6, 6.07) is 12.1. The summed E-state index contributed by atoms with van der Waals surface area (Å²) in [4.78, 5) is 0. The first kappa shape index (κ1) is 20.3. The van der Waals surface area contributed by atoms with Crippen LogP contribution < -0.4 is 14.8 Å². The van der Waals surface area contributed by atoms with Gasteiger partial charge in [0.15, 0.2) is 11.5 Å². The van der Waals surface area contributed by atoms with E-state index < -0.39 is 0 Å². The molecule has 1 fully saturated rings. The summed E-state index contributed by atoms with van der Waals surface area (Å²) in [5, 5.41) is 4.91. The molecule has 0 aliphatic heterocycles. The molecule has 2 aromatic rings. The Kier molecular flexibility index (Phi) is 7.69. The molecule has 0 heterocycles. The maximum absolute atomic E-state index is 6.22. The lowest BCUT2D eigenvalue weighted by molar-refractivity contribution is 0.284. The van der Waals surface area contributed by atoms with Crippen LogP contribution in [0.25, 0.3) is 0 Å². The van der Waals surface area contributed by atoms with Crippen LogP contribution in [0.15, 0.2) is 36.4 Å². The first-order valence-electron chi connectivity index (χ1n) is 9.63. The van der Waals surface area contributed by atoms with E-state index in [1.165, 1.54) is 44.1 Å². The van der Waals surface area contributed by atoms with E-state index in [4.69, 9.17) is 32.7 Å². The Morgan fingerprint density at radius 2 is 1.74 bits per heavy atom. The maximum Gasteiger partial charge on any atom is 0.161 e. The Hall–Kier alpha value is -1.42. The number of benzene rings is 2. The van der Waals surface area contributed by atoms with Gasteiger partial charge in [0.05, 0.1) is 7.11 Å². The third-order valence-electron chi connectivity index (χ3n) is 5.08. The SMILES string of the molecule is COc1cc(CNC2CCCCCC2)ccc1OCc1ccc(Cl)cc1Cl. The van der Waals surface area contributed by atoms with Crippen molar-refractivity contribution in [2.24, 2.45) is 0 Å². The summed E-state index contributed by atoms with van der Waals surface area (Å²) in [5.74, 6) is 1.45. The molecule has 3 rings (SSSR count). The molecule has 0 atom stereocenters. The van der Waals surface area contributed by atoms with Crippen LogP contribution in [0, 0.1) is 0 Å². The van der Waals surface area contributed by atoms with Crippen molar-refractivity contribution in [2.45, 2.75) is 57.7 Å². The lowest BCUT2D eigenvalue weighted by Gasteiger charge is -2.17. The van der Waals surface area contributed by atoms with E-state index >= 15 is 0 Å². The second-order valence-corrected chi connectivity index (χ2v) is 7.92. The largest absolute Gasteiger partial charge is 0.493 e. The zero-order valence-electron chi connectivity index (χ0n) is 15.8. The molecule has 0 radical (unpaired) electrons. The molecule has 146 valence electrons. The maximum atomic E-state index is 6.22. The van der Waals surface area contributed by atoms with Crippen molar-refractivity contribution in [1.82, 2.24) is 5.32 Å². The Bertz CT molecular complexity index is 743. The zero-order chi connectivity index (χ0) is 19.1. The van der Waals surface area contributed by atoms with Crippen LogP contribution in [0.2, 0.25) is 10.0 Å². The standard InChI is InChI=1S/C22H27Cl2NO2/c1-26-22-12-16(14-25-19-6-4-2-3-5-7-19)8-11-21(22)27-15-17-9-10-18(23)13-20(17)24/h8-13,19,25H,2-7,14-15H2,1H3. The number of rotatable bonds is 7. The summed E-state index contributed by atoms with van der Waals surface area (Å²) in [6.07, 6.45) is 7.97. The number of hydrogen-bond acceptors (Lipinski definition) is 3. The smallest absolute Gasteiger partial charge is 0.161 e. The quantitative estimate of drug-likeness (QED) is 0.538. The highest BCUT2D eigenvalue weighted by Crippen LogP contribution is 2.30. The van der Waals surface area contributed by atoms with Crippen LogP contribution in [0.5, 0.6) is 11.5 Å². The van der Waals surface area contributed by atoms with Gasteiger partial charge in [0, 0.05) is 28.2 Å². The lowest BCUT2D eigenvalue weighted by Crippen LogP contribution is -2.27. The molecule has 0 amide bonds. The molecule has 3 nitrogen and oxygen atoms in total. The number of nitrogens with one attached hydrogen (secondary N) is 1. The fraction of sp³-hybridized carbons (Fsp3) is 0.455. The summed E-state index contributed by atoms with van der Waals surface area (Å²) in [7, 11) is 1.67. The van der Waals surface area contributed by atoms with Crippen molar-refractivity contribution in [2.75, 3.05) is 7.11 Å². The Morgan fingerprint density at radius 3 is 2.44 bits per heavy atom. The van der Waals surface area contributed by atoms with E-state index in [0.29, 0.717) is 28.4 Å². The fourth-order valence-electron chi connectivity index (χ4n) is 3.48. The molecule has 2 aromatic carbocycles. The van der Waals surface area contributed by atoms with Crippen molar-refractivity contribution in [3.05, 3.63) is 57.6 Å². The average molecular weight is 408 g/mol. The minimum absolute atomic E-state index is 0.367. The molecule has 1 saturated carbocycles. The summed E-state index contributed by atoms with van der Waals surface area (Å²) in [6.45, 7) is 1.22. The number of halogens is 2. The van der Waals surface area contributed by atoms with Gasteiger partial charge in [-0.25, -0.2) is 0 Å². The minimum Gasteiger partial charge on any atom is -0.493 e. The molecular weight excluding hydrogens is 381 g/mol. The highest BCUT2D eigenvalue weighted by molar-refractivity contribution is 6.35. The Balaban J connectivity index is 1.59. The monoisotopic (exact) mass is 407 g/mol. The minimum atomic E-state index is 0.367. The molecular formula is C22H27Cl2NO2. The normalized spacial score (nSPS) is 15.4. The van der Waals surface area contributed by atoms with Crippen LogP contribution in [-0.4, -0.2) is 13.2 Å². The number of methoxy groups -OCH3 is 1. The van der Waals surface area contributed by atoms with E-state index in [1.54, 1.807) is 13.2 Å². The molecule has 0 bridgehead atoms. The molecule has 27 heavy (non-hydrogen) atoms. The van der Waals surface area contributed by atoms with Crippen molar-refractivity contribution in [1.29, 1.82) is 0 Å². The van der Waals surface area contributed by atoms with Gasteiger partial charge in [0.2, 0.25) is 0 Å². The Labute approximate surface area is 172 Å². The molecule has 1 aliphatic carbocycles. The van der Waals surface area contributed by atoms with Gasteiger partial charge in [-0.15, -0.1) is 0 Å². The van der Waals surface area contributed by atoms with Gasteiger partial charge in [0.1, 0.15) is 6.61 Å². The first-order valence-corrected chi connectivity index (χ1v) is 10.4. The third kappa shape index (κ3) is 6.03.